The van der Waals surface area contributed by atoms with E-state index in [1.54, 1.807) is 0 Å². The molecule has 7 heteroatoms. The van der Waals surface area contributed by atoms with Gasteiger partial charge in [-0.05, 0) is 55.5 Å². The van der Waals surface area contributed by atoms with Crippen LogP contribution in [0.25, 0.3) is 0 Å². The summed E-state index contributed by atoms with van der Waals surface area (Å²) >= 11 is 0. The van der Waals surface area contributed by atoms with E-state index in [0.29, 0.717) is 5.56 Å². The number of carbonyl (C=O) groups excluding carboxylic acids is 1. The molecule has 1 amide bonds. The normalized spacial score (nSPS) is 18.2. The molecule has 3 aromatic rings. The molecule has 2 aromatic carbocycles. The molecule has 0 atom stereocenters. The van der Waals surface area contributed by atoms with Crippen LogP contribution in [0, 0.1) is 0 Å². The second-order valence-electron chi connectivity index (χ2n) is 10.1. The maximum absolute atomic E-state index is 12.8. The third-order valence-corrected chi connectivity index (χ3v) is 7.43. The molecule has 36 heavy (non-hydrogen) atoms. The van der Waals surface area contributed by atoms with Crippen molar-refractivity contribution in [2.75, 3.05) is 26.2 Å². The number of piperidine rings is 2. The second kappa shape index (κ2) is 11.7. The fourth-order valence-electron chi connectivity index (χ4n) is 5.17. The van der Waals surface area contributed by atoms with Gasteiger partial charge in [-0.2, -0.15) is 0 Å². The number of benzene rings is 2. The average Bonchev–Trinajstić information content (AvgIpc) is 3.31. The molecule has 2 fully saturated rings. The number of likely N-dealkylation sites (tertiary alicyclic amines) is 2. The van der Waals surface area contributed by atoms with E-state index in [9.17, 15) is 4.79 Å². The van der Waals surface area contributed by atoms with Crippen molar-refractivity contribution in [3.63, 3.8) is 0 Å². The minimum Gasteiger partial charge on any atom is -0.490 e. The number of amides is 1. The van der Waals surface area contributed by atoms with Gasteiger partial charge in [-0.25, -0.2) is 4.98 Å². The van der Waals surface area contributed by atoms with Crippen molar-refractivity contribution in [1.82, 2.24) is 24.7 Å². The Balaban J connectivity index is 1.03. The Morgan fingerprint density at radius 1 is 0.917 bits per heavy atom. The van der Waals surface area contributed by atoms with Gasteiger partial charge in [0.15, 0.2) is 0 Å². The molecule has 190 valence electrons. The number of aryl methyl sites for hydroxylation is 1. The molecular formula is C29H37N5O2. The van der Waals surface area contributed by atoms with Crippen LogP contribution >= 0.6 is 0 Å². The molecule has 7 nitrogen and oxygen atoms in total. The van der Waals surface area contributed by atoms with Gasteiger partial charge in [-0.1, -0.05) is 30.3 Å². The molecule has 2 aliphatic heterocycles. The minimum absolute atomic E-state index is 0.00605. The summed E-state index contributed by atoms with van der Waals surface area (Å²) in [4.78, 5) is 21.9. The van der Waals surface area contributed by atoms with E-state index in [4.69, 9.17) is 4.74 Å². The van der Waals surface area contributed by atoms with E-state index >= 15 is 0 Å². The van der Waals surface area contributed by atoms with Crippen molar-refractivity contribution >= 4 is 5.91 Å². The lowest BCUT2D eigenvalue weighted by molar-refractivity contribution is 0.0908. The van der Waals surface area contributed by atoms with Crippen molar-refractivity contribution in [3.8, 4) is 5.75 Å². The first-order valence-corrected chi connectivity index (χ1v) is 13.1. The van der Waals surface area contributed by atoms with Gasteiger partial charge in [-0.15, -0.1) is 0 Å². The third kappa shape index (κ3) is 6.53. The molecule has 2 saturated heterocycles. The summed E-state index contributed by atoms with van der Waals surface area (Å²) in [5.74, 6) is 0.845. The quantitative estimate of drug-likeness (QED) is 0.523. The molecule has 2 aliphatic rings. The predicted octanol–water partition coefficient (Wildman–Crippen LogP) is 3.86. The number of aromatic nitrogens is 2. The Morgan fingerprint density at radius 3 is 2.25 bits per heavy atom. The van der Waals surface area contributed by atoms with Gasteiger partial charge in [-0.3, -0.25) is 14.6 Å². The topological polar surface area (TPSA) is 62.6 Å². The van der Waals surface area contributed by atoms with Crippen molar-refractivity contribution in [1.29, 1.82) is 0 Å². The van der Waals surface area contributed by atoms with Crippen molar-refractivity contribution < 1.29 is 9.53 Å². The molecule has 1 aromatic heterocycles. The molecule has 0 radical (unpaired) electrons. The largest absolute Gasteiger partial charge is 0.490 e. The Hall–Kier alpha value is -3.16. The van der Waals surface area contributed by atoms with Crippen LogP contribution in [-0.4, -0.2) is 63.6 Å². The average molecular weight is 488 g/mol. The zero-order valence-corrected chi connectivity index (χ0v) is 21.2. The summed E-state index contributed by atoms with van der Waals surface area (Å²) in [6, 6.07) is 18.4. The van der Waals surface area contributed by atoms with Crippen LogP contribution in [0.5, 0.6) is 5.75 Å². The van der Waals surface area contributed by atoms with Crippen molar-refractivity contribution in [2.45, 2.75) is 50.9 Å². The van der Waals surface area contributed by atoms with Gasteiger partial charge in [0.1, 0.15) is 11.9 Å². The highest BCUT2D eigenvalue weighted by atomic mass is 16.5. The lowest BCUT2D eigenvalue weighted by Crippen LogP contribution is -2.44. The third-order valence-electron chi connectivity index (χ3n) is 7.43. The molecule has 0 bridgehead atoms. The highest BCUT2D eigenvalue weighted by molar-refractivity contribution is 5.94. The number of hydrogen-bond acceptors (Lipinski definition) is 5. The Bertz CT molecular complexity index is 1100. The summed E-state index contributed by atoms with van der Waals surface area (Å²) in [5.41, 5.74) is 3.28. The predicted molar refractivity (Wildman–Crippen MR) is 141 cm³/mol. The SMILES string of the molecule is Cn1cncc1CN1CCC(Oc2ccc(C(=O)NC3CCN(Cc4ccccc4)CC3)cc2)CC1. The molecule has 5 rings (SSSR count). The van der Waals surface area contributed by atoms with Crippen LogP contribution in [0.3, 0.4) is 0 Å². The van der Waals surface area contributed by atoms with Crippen molar-refractivity contribution in [2.24, 2.45) is 7.05 Å². The van der Waals surface area contributed by atoms with E-state index in [2.05, 4.69) is 55.0 Å². The van der Waals surface area contributed by atoms with Crippen LogP contribution in [0.4, 0.5) is 0 Å². The number of nitrogens with zero attached hydrogens (tertiary/aromatic N) is 4. The summed E-state index contributed by atoms with van der Waals surface area (Å²) in [6.45, 7) is 5.95. The smallest absolute Gasteiger partial charge is 0.251 e. The number of hydrogen-bond donors (Lipinski definition) is 1. The number of carbonyl (C=O) groups is 1. The molecule has 0 aliphatic carbocycles. The lowest BCUT2D eigenvalue weighted by atomic mass is 10.0. The molecule has 3 heterocycles. The first-order valence-electron chi connectivity index (χ1n) is 13.1. The van der Waals surface area contributed by atoms with Crippen molar-refractivity contribution in [3.05, 3.63) is 83.9 Å². The molecule has 1 N–H and O–H groups in total. The maximum atomic E-state index is 12.8. The number of rotatable bonds is 8. The zero-order chi connectivity index (χ0) is 24.7. The molecular weight excluding hydrogens is 450 g/mol. The van der Waals surface area contributed by atoms with Gasteiger partial charge in [0.25, 0.3) is 5.91 Å². The highest BCUT2D eigenvalue weighted by Crippen LogP contribution is 2.21. The first kappa shape index (κ1) is 24.5. The molecule has 0 saturated carbocycles. The number of nitrogens with one attached hydrogen (secondary N) is 1. The summed E-state index contributed by atoms with van der Waals surface area (Å²) in [5, 5.41) is 3.23. The Labute approximate surface area is 214 Å². The van der Waals surface area contributed by atoms with Crippen LogP contribution in [0.1, 0.15) is 47.3 Å². The van der Waals surface area contributed by atoms with Crippen LogP contribution in [0.15, 0.2) is 67.1 Å². The second-order valence-corrected chi connectivity index (χ2v) is 10.1. The lowest BCUT2D eigenvalue weighted by Gasteiger charge is -2.32. The number of imidazole rings is 1. The first-order chi connectivity index (χ1) is 17.6. The number of ether oxygens (including phenoxy) is 1. The fraction of sp³-hybridized carbons (Fsp3) is 0.448. The summed E-state index contributed by atoms with van der Waals surface area (Å²) in [6.07, 6.45) is 7.98. The summed E-state index contributed by atoms with van der Waals surface area (Å²) in [7, 11) is 2.04. The Kier molecular flexibility index (Phi) is 7.98. The van der Waals surface area contributed by atoms with E-state index in [0.717, 1.165) is 70.7 Å². The summed E-state index contributed by atoms with van der Waals surface area (Å²) < 4.78 is 8.31. The zero-order valence-electron chi connectivity index (χ0n) is 21.2. The van der Waals surface area contributed by atoms with E-state index < -0.39 is 0 Å². The van der Waals surface area contributed by atoms with Crippen LogP contribution in [0.2, 0.25) is 0 Å². The molecule has 0 unspecified atom stereocenters. The Morgan fingerprint density at radius 2 is 1.58 bits per heavy atom. The van der Waals surface area contributed by atoms with E-state index in [-0.39, 0.29) is 18.1 Å². The van der Waals surface area contributed by atoms with Crippen LogP contribution in [-0.2, 0) is 20.1 Å². The van der Waals surface area contributed by atoms with Gasteiger partial charge in [0, 0.05) is 64.1 Å². The van der Waals surface area contributed by atoms with E-state index in [1.807, 2.05) is 43.8 Å². The minimum atomic E-state index is 0.00605. The standard InChI is InChI=1S/C29H37N5O2/c1-32-22-30-19-26(32)21-34-17-13-28(14-18-34)36-27-9-7-24(8-10-27)29(35)31-25-11-15-33(16-12-25)20-23-5-3-2-4-6-23/h2-10,19,22,25,28H,11-18,20-21H2,1H3,(H,31,35). The van der Waals surface area contributed by atoms with Gasteiger partial charge >= 0.3 is 0 Å². The molecule has 0 spiro atoms. The monoisotopic (exact) mass is 487 g/mol. The van der Waals surface area contributed by atoms with Crippen LogP contribution < -0.4 is 10.1 Å². The van der Waals surface area contributed by atoms with E-state index in [1.165, 1.54) is 11.3 Å². The highest BCUT2D eigenvalue weighted by Gasteiger charge is 2.23. The fourth-order valence-corrected chi connectivity index (χ4v) is 5.17. The van der Waals surface area contributed by atoms with Gasteiger partial charge in [0.05, 0.1) is 12.0 Å². The van der Waals surface area contributed by atoms with Gasteiger partial charge in [0.2, 0.25) is 0 Å². The van der Waals surface area contributed by atoms with Gasteiger partial charge < -0.3 is 14.6 Å². The maximum Gasteiger partial charge on any atom is 0.251 e.